The first kappa shape index (κ1) is 17.7. The molecule has 0 bridgehead atoms. The van der Waals surface area contributed by atoms with Crippen LogP contribution >= 0.6 is 0 Å². The highest BCUT2D eigenvalue weighted by atomic mass is 16.4. The number of pyridine rings is 1. The number of carbonyl (C=O) groups is 1. The molecule has 27 heavy (non-hydrogen) atoms. The van der Waals surface area contributed by atoms with Gasteiger partial charge in [0.15, 0.2) is 5.82 Å². The molecular formula is C18H25N7O2. The summed E-state index contributed by atoms with van der Waals surface area (Å²) >= 11 is 0. The van der Waals surface area contributed by atoms with Crippen molar-refractivity contribution in [2.45, 2.75) is 12.8 Å². The summed E-state index contributed by atoms with van der Waals surface area (Å²) in [4.78, 5) is 28.7. The number of likely N-dealkylation sites (tertiary alicyclic amines) is 1. The average Bonchev–Trinajstić information content (AvgIpc) is 2.72. The second-order valence-corrected chi connectivity index (χ2v) is 7.11. The van der Waals surface area contributed by atoms with Gasteiger partial charge in [0.25, 0.3) is 0 Å². The number of carboxylic acid groups (broad SMARTS) is 1. The van der Waals surface area contributed by atoms with E-state index in [9.17, 15) is 9.90 Å². The van der Waals surface area contributed by atoms with Gasteiger partial charge >= 0.3 is 6.09 Å². The van der Waals surface area contributed by atoms with Crippen LogP contribution in [0.4, 0.5) is 16.4 Å². The Bertz CT molecular complexity index is 809. The van der Waals surface area contributed by atoms with E-state index in [0.29, 0.717) is 19.6 Å². The maximum absolute atomic E-state index is 11.2. The van der Waals surface area contributed by atoms with E-state index < -0.39 is 6.09 Å². The molecule has 4 heterocycles. The standard InChI is InChI=1S/C18H25N7O2/c26-18(27)25-7-1-2-13(12-25)11-22-17-16-14(20-3-4-21-16)10-15(23-17)24-8-5-19-6-9-24/h3-4,10,13,19H,1-2,5-9,11-12H2,(H,22,23)(H,26,27)/t13-/m1/s1. The van der Waals surface area contributed by atoms with Gasteiger partial charge in [0.1, 0.15) is 11.3 Å². The van der Waals surface area contributed by atoms with Crippen molar-refractivity contribution in [1.29, 1.82) is 0 Å². The molecule has 1 atom stereocenters. The van der Waals surface area contributed by atoms with Gasteiger partial charge in [-0.25, -0.2) is 14.8 Å². The first-order valence-corrected chi connectivity index (χ1v) is 9.50. The van der Waals surface area contributed by atoms with Crippen LogP contribution in [-0.4, -0.2) is 76.9 Å². The van der Waals surface area contributed by atoms with Crippen molar-refractivity contribution in [3.8, 4) is 0 Å². The molecule has 0 radical (unpaired) electrons. The van der Waals surface area contributed by atoms with Gasteiger partial charge in [0.05, 0.1) is 5.52 Å². The summed E-state index contributed by atoms with van der Waals surface area (Å²) in [6.07, 6.45) is 4.44. The van der Waals surface area contributed by atoms with Crippen LogP contribution in [0.2, 0.25) is 0 Å². The molecule has 0 aliphatic carbocycles. The second-order valence-electron chi connectivity index (χ2n) is 7.11. The molecule has 0 unspecified atom stereocenters. The number of hydrogen-bond acceptors (Lipinski definition) is 7. The third-order valence-corrected chi connectivity index (χ3v) is 5.23. The molecule has 4 rings (SSSR count). The lowest BCUT2D eigenvalue weighted by Crippen LogP contribution is -2.44. The summed E-state index contributed by atoms with van der Waals surface area (Å²) in [5.74, 6) is 1.90. The number of nitrogens with zero attached hydrogens (tertiary/aromatic N) is 5. The van der Waals surface area contributed by atoms with Crippen LogP contribution in [0.25, 0.3) is 11.0 Å². The van der Waals surface area contributed by atoms with Crippen molar-refractivity contribution in [3.63, 3.8) is 0 Å². The van der Waals surface area contributed by atoms with Gasteiger partial charge in [-0.2, -0.15) is 0 Å². The maximum atomic E-state index is 11.2. The Hall–Kier alpha value is -2.68. The van der Waals surface area contributed by atoms with E-state index in [2.05, 4.69) is 25.5 Å². The monoisotopic (exact) mass is 371 g/mol. The molecule has 1 amide bonds. The number of hydrogen-bond donors (Lipinski definition) is 3. The van der Waals surface area contributed by atoms with Gasteiger partial charge in [-0.3, -0.25) is 4.98 Å². The molecule has 2 saturated heterocycles. The Balaban J connectivity index is 1.54. The van der Waals surface area contributed by atoms with Crippen LogP contribution in [0, 0.1) is 5.92 Å². The number of fused-ring (bicyclic) bond motifs is 1. The highest BCUT2D eigenvalue weighted by molar-refractivity contribution is 5.87. The molecule has 2 aliphatic rings. The SMILES string of the molecule is O=C(O)N1CCC[C@H](CNc2nc(N3CCNCC3)cc3nccnc23)C1. The fourth-order valence-corrected chi connectivity index (χ4v) is 3.78. The first-order valence-electron chi connectivity index (χ1n) is 9.50. The second kappa shape index (κ2) is 7.91. The van der Waals surface area contributed by atoms with Gasteiger partial charge in [-0.1, -0.05) is 0 Å². The Labute approximate surface area is 157 Å². The summed E-state index contributed by atoms with van der Waals surface area (Å²) < 4.78 is 0. The van der Waals surface area contributed by atoms with Crippen molar-refractivity contribution in [3.05, 3.63) is 18.5 Å². The Morgan fingerprint density at radius 1 is 1.26 bits per heavy atom. The van der Waals surface area contributed by atoms with Crippen molar-refractivity contribution >= 4 is 28.8 Å². The topological polar surface area (TPSA) is 107 Å². The van der Waals surface area contributed by atoms with Crippen LogP contribution in [0.5, 0.6) is 0 Å². The minimum Gasteiger partial charge on any atom is -0.465 e. The van der Waals surface area contributed by atoms with Crippen LogP contribution in [0.1, 0.15) is 12.8 Å². The van der Waals surface area contributed by atoms with E-state index in [0.717, 1.165) is 61.7 Å². The number of amides is 1. The average molecular weight is 371 g/mol. The number of rotatable bonds is 4. The predicted molar refractivity (Wildman–Crippen MR) is 103 cm³/mol. The summed E-state index contributed by atoms with van der Waals surface area (Å²) in [5.41, 5.74) is 1.57. The van der Waals surface area contributed by atoms with Gasteiger partial charge < -0.3 is 25.5 Å². The lowest BCUT2D eigenvalue weighted by molar-refractivity contribution is 0.122. The quantitative estimate of drug-likeness (QED) is 0.737. The Morgan fingerprint density at radius 2 is 2.07 bits per heavy atom. The molecule has 3 N–H and O–H groups in total. The predicted octanol–water partition coefficient (Wildman–Crippen LogP) is 1.24. The molecule has 2 aromatic heterocycles. The smallest absolute Gasteiger partial charge is 0.407 e. The molecule has 9 nitrogen and oxygen atoms in total. The highest BCUT2D eigenvalue weighted by Crippen LogP contribution is 2.25. The molecule has 0 saturated carbocycles. The highest BCUT2D eigenvalue weighted by Gasteiger charge is 2.23. The number of piperazine rings is 1. The van der Waals surface area contributed by atoms with Crippen LogP contribution in [0.3, 0.4) is 0 Å². The van der Waals surface area contributed by atoms with Gasteiger partial charge in [0.2, 0.25) is 0 Å². The van der Waals surface area contributed by atoms with Crippen molar-refractivity contribution in [2.75, 3.05) is 56.0 Å². The fraction of sp³-hybridized carbons (Fsp3) is 0.556. The number of piperidine rings is 1. The van der Waals surface area contributed by atoms with Crippen molar-refractivity contribution in [1.82, 2.24) is 25.2 Å². The zero-order valence-electron chi connectivity index (χ0n) is 15.3. The largest absolute Gasteiger partial charge is 0.465 e. The minimum absolute atomic E-state index is 0.270. The molecular weight excluding hydrogens is 346 g/mol. The maximum Gasteiger partial charge on any atom is 0.407 e. The normalized spacial score (nSPS) is 20.7. The zero-order chi connectivity index (χ0) is 18.6. The van der Waals surface area contributed by atoms with Crippen LogP contribution in [0.15, 0.2) is 18.5 Å². The molecule has 0 aromatic carbocycles. The Morgan fingerprint density at radius 3 is 2.89 bits per heavy atom. The van der Waals surface area contributed by atoms with Crippen LogP contribution < -0.4 is 15.5 Å². The molecule has 2 aromatic rings. The van der Waals surface area contributed by atoms with E-state index in [-0.39, 0.29) is 5.92 Å². The summed E-state index contributed by atoms with van der Waals surface area (Å²) in [6.45, 7) is 5.56. The third kappa shape index (κ3) is 4.02. The van der Waals surface area contributed by atoms with Gasteiger partial charge in [-0.05, 0) is 18.8 Å². The van der Waals surface area contributed by atoms with Gasteiger partial charge in [-0.15, -0.1) is 0 Å². The number of anilines is 2. The Kier molecular flexibility index (Phi) is 5.19. The molecule has 144 valence electrons. The third-order valence-electron chi connectivity index (χ3n) is 5.23. The fourth-order valence-electron chi connectivity index (χ4n) is 3.78. The lowest BCUT2D eigenvalue weighted by Gasteiger charge is -2.31. The molecule has 9 heteroatoms. The number of nitrogens with one attached hydrogen (secondary N) is 2. The molecule has 0 spiro atoms. The van der Waals surface area contributed by atoms with Crippen molar-refractivity contribution in [2.24, 2.45) is 5.92 Å². The number of aromatic nitrogens is 3. The van der Waals surface area contributed by atoms with E-state index >= 15 is 0 Å². The van der Waals surface area contributed by atoms with Crippen LogP contribution in [-0.2, 0) is 0 Å². The minimum atomic E-state index is -0.838. The van der Waals surface area contributed by atoms with E-state index in [4.69, 9.17) is 4.98 Å². The van der Waals surface area contributed by atoms with Crippen molar-refractivity contribution < 1.29 is 9.90 Å². The lowest BCUT2D eigenvalue weighted by atomic mass is 9.98. The summed E-state index contributed by atoms with van der Waals surface area (Å²) in [6, 6.07) is 1.99. The first-order chi connectivity index (χ1) is 13.2. The molecule has 2 fully saturated rings. The zero-order valence-corrected chi connectivity index (χ0v) is 15.3. The van der Waals surface area contributed by atoms with E-state index in [1.807, 2.05) is 6.07 Å². The van der Waals surface area contributed by atoms with E-state index in [1.54, 1.807) is 12.4 Å². The summed E-state index contributed by atoms with van der Waals surface area (Å²) in [5, 5.41) is 16.0. The molecule has 2 aliphatic heterocycles. The van der Waals surface area contributed by atoms with E-state index in [1.165, 1.54) is 4.90 Å². The summed E-state index contributed by atoms with van der Waals surface area (Å²) in [7, 11) is 0. The van der Waals surface area contributed by atoms with Gasteiger partial charge in [0, 0.05) is 64.3 Å².